The van der Waals surface area contributed by atoms with Crippen molar-refractivity contribution >= 4 is 5.82 Å². The van der Waals surface area contributed by atoms with Gasteiger partial charge >= 0.3 is 0 Å². The van der Waals surface area contributed by atoms with Crippen molar-refractivity contribution in [3.8, 4) is 0 Å². The van der Waals surface area contributed by atoms with Gasteiger partial charge < -0.3 is 10.2 Å². The SMILES string of the molecule is CC1CCN(c2nccc(CNC(C)(C)C)c2F)CC1. The second-order valence-corrected chi connectivity index (χ2v) is 6.88. The Bertz CT molecular complexity index is 446. The molecule has 4 heteroatoms. The molecule has 1 aliphatic heterocycles. The van der Waals surface area contributed by atoms with Gasteiger partial charge in [0.25, 0.3) is 0 Å². The fraction of sp³-hybridized carbons (Fsp3) is 0.688. The van der Waals surface area contributed by atoms with Gasteiger partial charge in [0.05, 0.1) is 0 Å². The lowest BCUT2D eigenvalue weighted by atomic mass is 9.99. The summed E-state index contributed by atoms with van der Waals surface area (Å²) < 4.78 is 14.6. The van der Waals surface area contributed by atoms with Gasteiger partial charge in [-0.2, -0.15) is 0 Å². The fourth-order valence-electron chi connectivity index (χ4n) is 2.41. The molecule has 112 valence electrons. The highest BCUT2D eigenvalue weighted by Crippen LogP contribution is 2.25. The molecule has 2 heterocycles. The van der Waals surface area contributed by atoms with Crippen LogP contribution < -0.4 is 10.2 Å². The van der Waals surface area contributed by atoms with Crippen LogP contribution in [-0.4, -0.2) is 23.6 Å². The molecule has 1 N–H and O–H groups in total. The first-order valence-corrected chi connectivity index (χ1v) is 7.50. The highest BCUT2D eigenvalue weighted by atomic mass is 19.1. The smallest absolute Gasteiger partial charge is 0.170 e. The zero-order valence-electron chi connectivity index (χ0n) is 13.0. The Morgan fingerprint density at radius 3 is 2.60 bits per heavy atom. The van der Waals surface area contributed by atoms with E-state index in [1.165, 1.54) is 0 Å². The van der Waals surface area contributed by atoms with E-state index in [0.717, 1.165) is 31.8 Å². The lowest BCUT2D eigenvalue weighted by molar-refractivity contribution is 0.415. The van der Waals surface area contributed by atoms with E-state index in [1.807, 2.05) is 0 Å². The first-order chi connectivity index (χ1) is 9.37. The average molecular weight is 279 g/mol. The van der Waals surface area contributed by atoms with Gasteiger partial charge in [0.2, 0.25) is 0 Å². The summed E-state index contributed by atoms with van der Waals surface area (Å²) in [6.45, 7) is 10.8. The maximum Gasteiger partial charge on any atom is 0.170 e. The van der Waals surface area contributed by atoms with Gasteiger partial charge in [-0.05, 0) is 45.6 Å². The second-order valence-electron chi connectivity index (χ2n) is 6.88. The third-order valence-corrected chi connectivity index (χ3v) is 3.84. The Morgan fingerprint density at radius 2 is 2.00 bits per heavy atom. The van der Waals surface area contributed by atoms with Crippen LogP contribution in [0.5, 0.6) is 0 Å². The lowest BCUT2D eigenvalue weighted by Crippen LogP contribution is -2.36. The van der Waals surface area contributed by atoms with Gasteiger partial charge in [-0.1, -0.05) is 6.92 Å². The lowest BCUT2D eigenvalue weighted by Gasteiger charge is -2.31. The molecule has 0 unspecified atom stereocenters. The Kier molecular flexibility index (Phi) is 4.63. The number of anilines is 1. The zero-order chi connectivity index (χ0) is 14.8. The molecule has 0 saturated carbocycles. The maximum absolute atomic E-state index is 14.6. The van der Waals surface area contributed by atoms with Crippen LogP contribution in [0.3, 0.4) is 0 Å². The maximum atomic E-state index is 14.6. The topological polar surface area (TPSA) is 28.2 Å². The van der Waals surface area contributed by atoms with Crippen molar-refractivity contribution < 1.29 is 4.39 Å². The van der Waals surface area contributed by atoms with Crippen molar-refractivity contribution in [3.63, 3.8) is 0 Å². The number of piperidine rings is 1. The normalized spacial score (nSPS) is 17.6. The third-order valence-electron chi connectivity index (χ3n) is 3.84. The number of hydrogen-bond donors (Lipinski definition) is 1. The van der Waals surface area contributed by atoms with E-state index in [0.29, 0.717) is 17.9 Å². The molecular formula is C16H26FN3. The van der Waals surface area contributed by atoms with Crippen LogP contribution in [0, 0.1) is 11.7 Å². The van der Waals surface area contributed by atoms with Crippen molar-refractivity contribution in [2.24, 2.45) is 5.92 Å². The predicted octanol–water partition coefficient (Wildman–Crippen LogP) is 3.35. The van der Waals surface area contributed by atoms with Gasteiger partial charge in [0.1, 0.15) is 0 Å². The van der Waals surface area contributed by atoms with E-state index < -0.39 is 0 Å². The number of nitrogens with zero attached hydrogens (tertiary/aromatic N) is 2. The van der Waals surface area contributed by atoms with Gasteiger partial charge in [-0.25, -0.2) is 9.37 Å². The van der Waals surface area contributed by atoms with Crippen LogP contribution in [-0.2, 0) is 6.54 Å². The number of halogens is 1. The molecule has 0 amide bonds. The van der Waals surface area contributed by atoms with Crippen molar-refractivity contribution in [1.29, 1.82) is 0 Å². The quantitative estimate of drug-likeness (QED) is 0.919. The molecule has 0 radical (unpaired) electrons. The number of aromatic nitrogens is 1. The monoisotopic (exact) mass is 279 g/mol. The molecule has 0 aliphatic carbocycles. The summed E-state index contributed by atoms with van der Waals surface area (Å²) in [7, 11) is 0. The largest absolute Gasteiger partial charge is 0.354 e. The van der Waals surface area contributed by atoms with E-state index in [4.69, 9.17) is 0 Å². The highest BCUT2D eigenvalue weighted by molar-refractivity contribution is 5.43. The van der Waals surface area contributed by atoms with Crippen LogP contribution in [0.2, 0.25) is 0 Å². The molecule has 0 atom stereocenters. The minimum absolute atomic E-state index is 0.0174. The van der Waals surface area contributed by atoms with E-state index in [2.05, 4.69) is 42.9 Å². The van der Waals surface area contributed by atoms with Crippen LogP contribution in [0.4, 0.5) is 10.2 Å². The highest BCUT2D eigenvalue weighted by Gasteiger charge is 2.21. The summed E-state index contributed by atoms with van der Waals surface area (Å²) in [6.07, 6.45) is 3.95. The van der Waals surface area contributed by atoms with Crippen LogP contribution in [0.1, 0.15) is 46.1 Å². The van der Waals surface area contributed by atoms with Crippen molar-refractivity contribution in [3.05, 3.63) is 23.6 Å². The van der Waals surface area contributed by atoms with E-state index in [1.54, 1.807) is 12.3 Å². The van der Waals surface area contributed by atoms with Crippen molar-refractivity contribution in [2.45, 2.75) is 52.6 Å². The average Bonchev–Trinajstić information content (AvgIpc) is 2.38. The molecule has 2 rings (SSSR count). The first-order valence-electron chi connectivity index (χ1n) is 7.50. The summed E-state index contributed by atoms with van der Waals surface area (Å²) in [5.74, 6) is 1.09. The second kappa shape index (κ2) is 6.08. The molecule has 0 spiro atoms. The molecule has 0 aromatic carbocycles. The number of hydrogen-bond acceptors (Lipinski definition) is 3. The Balaban J connectivity index is 2.11. The Labute approximate surface area is 121 Å². The Morgan fingerprint density at radius 1 is 1.35 bits per heavy atom. The van der Waals surface area contributed by atoms with Gasteiger partial charge in [0.15, 0.2) is 11.6 Å². The number of nitrogens with one attached hydrogen (secondary N) is 1. The molecular weight excluding hydrogens is 253 g/mol. The summed E-state index contributed by atoms with van der Waals surface area (Å²) >= 11 is 0. The molecule has 0 bridgehead atoms. The van der Waals surface area contributed by atoms with E-state index in [-0.39, 0.29) is 11.4 Å². The van der Waals surface area contributed by atoms with Gasteiger partial charge in [-0.3, -0.25) is 0 Å². The van der Waals surface area contributed by atoms with Crippen molar-refractivity contribution in [1.82, 2.24) is 10.3 Å². The third kappa shape index (κ3) is 3.92. The summed E-state index contributed by atoms with van der Waals surface area (Å²) in [5, 5.41) is 3.33. The molecule has 1 aromatic heterocycles. The summed E-state index contributed by atoms with van der Waals surface area (Å²) in [6, 6.07) is 1.77. The summed E-state index contributed by atoms with van der Waals surface area (Å²) in [4.78, 5) is 6.33. The molecule has 1 aromatic rings. The summed E-state index contributed by atoms with van der Waals surface area (Å²) in [5.41, 5.74) is 0.680. The first kappa shape index (κ1) is 15.2. The Hall–Kier alpha value is -1.16. The minimum Gasteiger partial charge on any atom is -0.354 e. The molecule has 1 aliphatic rings. The van der Waals surface area contributed by atoms with Gasteiger partial charge in [0, 0.05) is 36.9 Å². The molecule has 1 fully saturated rings. The number of rotatable bonds is 3. The standard InChI is InChI=1S/C16H26FN3/c1-12-6-9-20(10-7-12)15-14(17)13(5-8-18-15)11-19-16(2,3)4/h5,8,12,19H,6-7,9-11H2,1-4H3. The predicted molar refractivity (Wildman–Crippen MR) is 81.4 cm³/mol. The molecule has 3 nitrogen and oxygen atoms in total. The van der Waals surface area contributed by atoms with Crippen molar-refractivity contribution in [2.75, 3.05) is 18.0 Å². The fourth-order valence-corrected chi connectivity index (χ4v) is 2.41. The van der Waals surface area contributed by atoms with E-state index in [9.17, 15) is 4.39 Å². The van der Waals surface area contributed by atoms with E-state index >= 15 is 0 Å². The van der Waals surface area contributed by atoms with Crippen LogP contribution >= 0.6 is 0 Å². The van der Waals surface area contributed by atoms with Crippen LogP contribution in [0.25, 0.3) is 0 Å². The van der Waals surface area contributed by atoms with Crippen LogP contribution in [0.15, 0.2) is 12.3 Å². The minimum atomic E-state index is -0.168. The molecule has 1 saturated heterocycles. The zero-order valence-corrected chi connectivity index (χ0v) is 13.0. The molecule has 20 heavy (non-hydrogen) atoms. The van der Waals surface area contributed by atoms with Gasteiger partial charge in [-0.15, -0.1) is 0 Å². The number of pyridine rings is 1.